The Hall–Kier alpha value is -2.56. The van der Waals surface area contributed by atoms with Gasteiger partial charge < -0.3 is 15.2 Å². The Morgan fingerprint density at radius 2 is 2.08 bits per heavy atom. The number of nitrogens with zero attached hydrogens (tertiary/aromatic N) is 1. The molecule has 0 aliphatic carbocycles. The molecule has 0 saturated carbocycles. The summed E-state index contributed by atoms with van der Waals surface area (Å²) in [4.78, 5) is 29.4. The first kappa shape index (κ1) is 17.3. The number of aromatic amines is 1. The van der Waals surface area contributed by atoms with E-state index in [1.165, 1.54) is 17.7 Å². The third kappa shape index (κ3) is 3.92. The van der Waals surface area contributed by atoms with Crippen LogP contribution in [0.1, 0.15) is 40.0 Å². The molecular weight excluding hydrogens is 314 g/mol. The molecule has 1 amide bonds. The minimum atomic E-state index is -0.319. The van der Waals surface area contributed by atoms with Crippen LogP contribution in [0, 0.1) is 13.8 Å². The van der Waals surface area contributed by atoms with Crippen LogP contribution in [-0.2, 0) is 6.42 Å². The minimum Gasteiger partial charge on any atom is -0.371 e. The van der Waals surface area contributed by atoms with Gasteiger partial charge in [0.1, 0.15) is 5.56 Å². The summed E-state index contributed by atoms with van der Waals surface area (Å²) in [6, 6.07) is 10.3. The van der Waals surface area contributed by atoms with E-state index in [0.29, 0.717) is 12.1 Å². The number of hydrogen-bond donors (Lipinski definition) is 2. The van der Waals surface area contributed by atoms with E-state index in [1.54, 1.807) is 6.92 Å². The fraction of sp³-hybridized carbons (Fsp3) is 0.400. The molecule has 5 nitrogen and oxygen atoms in total. The second-order valence-corrected chi connectivity index (χ2v) is 6.67. The molecule has 0 bridgehead atoms. The van der Waals surface area contributed by atoms with Gasteiger partial charge in [-0.05, 0) is 56.4 Å². The van der Waals surface area contributed by atoms with Crippen molar-refractivity contribution in [3.63, 3.8) is 0 Å². The number of nitrogens with one attached hydrogen (secondary N) is 2. The molecule has 2 aromatic rings. The highest BCUT2D eigenvalue weighted by atomic mass is 16.2. The maximum atomic E-state index is 12.3. The zero-order valence-electron chi connectivity index (χ0n) is 14.9. The van der Waals surface area contributed by atoms with Crippen LogP contribution in [0.4, 0.5) is 5.69 Å². The van der Waals surface area contributed by atoms with Crippen molar-refractivity contribution in [3.05, 3.63) is 63.1 Å². The molecule has 0 unspecified atom stereocenters. The molecule has 1 aromatic carbocycles. The smallest absolute Gasteiger partial charge is 0.261 e. The van der Waals surface area contributed by atoms with E-state index in [-0.39, 0.29) is 17.0 Å². The highest BCUT2D eigenvalue weighted by Crippen LogP contribution is 2.26. The summed E-state index contributed by atoms with van der Waals surface area (Å²) < 4.78 is 0. The maximum Gasteiger partial charge on any atom is 0.261 e. The molecule has 1 aliphatic rings. The fourth-order valence-electron chi connectivity index (χ4n) is 3.54. The van der Waals surface area contributed by atoms with E-state index in [0.717, 1.165) is 31.6 Å². The van der Waals surface area contributed by atoms with E-state index in [9.17, 15) is 9.59 Å². The predicted octanol–water partition coefficient (Wildman–Crippen LogP) is 2.56. The molecule has 0 atom stereocenters. The predicted molar refractivity (Wildman–Crippen MR) is 100 cm³/mol. The van der Waals surface area contributed by atoms with E-state index in [1.807, 2.05) is 13.0 Å². The Morgan fingerprint density at radius 3 is 2.88 bits per heavy atom. The van der Waals surface area contributed by atoms with Crippen molar-refractivity contribution in [1.82, 2.24) is 10.3 Å². The summed E-state index contributed by atoms with van der Waals surface area (Å²) in [6.07, 6.45) is 3.16. The number of aromatic nitrogens is 1. The molecule has 0 saturated heterocycles. The van der Waals surface area contributed by atoms with Gasteiger partial charge in [-0.25, -0.2) is 0 Å². The number of H-pyrrole nitrogens is 1. The number of benzene rings is 1. The minimum absolute atomic E-state index is 0.217. The third-order valence-electron chi connectivity index (χ3n) is 4.69. The zero-order valence-corrected chi connectivity index (χ0v) is 14.9. The van der Waals surface area contributed by atoms with Gasteiger partial charge in [0.05, 0.1) is 0 Å². The molecule has 2 N–H and O–H groups in total. The van der Waals surface area contributed by atoms with Crippen LogP contribution in [0.2, 0.25) is 0 Å². The van der Waals surface area contributed by atoms with E-state index in [2.05, 4.69) is 39.5 Å². The Labute approximate surface area is 148 Å². The summed E-state index contributed by atoms with van der Waals surface area (Å²) in [6.45, 7) is 6.13. The zero-order chi connectivity index (χ0) is 17.8. The highest BCUT2D eigenvalue weighted by molar-refractivity contribution is 5.95. The van der Waals surface area contributed by atoms with Crippen molar-refractivity contribution < 1.29 is 4.79 Å². The Bertz CT molecular complexity index is 826. The maximum absolute atomic E-state index is 12.3. The van der Waals surface area contributed by atoms with Crippen molar-refractivity contribution in [3.8, 4) is 0 Å². The molecule has 0 radical (unpaired) electrons. The number of fused-ring (bicyclic) bond motifs is 1. The van der Waals surface area contributed by atoms with Crippen molar-refractivity contribution >= 4 is 11.6 Å². The molecule has 25 heavy (non-hydrogen) atoms. The molecule has 2 heterocycles. The number of pyridine rings is 1. The number of anilines is 1. The second kappa shape index (κ2) is 7.55. The molecule has 0 spiro atoms. The summed E-state index contributed by atoms with van der Waals surface area (Å²) in [5.74, 6) is -0.294. The SMILES string of the molecule is Cc1cc(C)c(C(=O)NCCCN2CCCc3ccccc32)c(=O)[nH]1. The van der Waals surface area contributed by atoms with Gasteiger partial charge in [0.25, 0.3) is 11.5 Å². The lowest BCUT2D eigenvalue weighted by atomic mass is 10.0. The molecule has 5 heteroatoms. The molecule has 1 aliphatic heterocycles. The largest absolute Gasteiger partial charge is 0.371 e. The van der Waals surface area contributed by atoms with Crippen LogP contribution in [-0.4, -0.2) is 30.5 Å². The molecule has 132 valence electrons. The third-order valence-corrected chi connectivity index (χ3v) is 4.69. The molecule has 1 aromatic heterocycles. The number of hydrogen-bond acceptors (Lipinski definition) is 3. The van der Waals surface area contributed by atoms with E-state index >= 15 is 0 Å². The van der Waals surface area contributed by atoms with Gasteiger partial charge in [-0.15, -0.1) is 0 Å². The second-order valence-electron chi connectivity index (χ2n) is 6.67. The summed E-state index contributed by atoms with van der Waals surface area (Å²) in [5, 5.41) is 2.88. The first-order valence-corrected chi connectivity index (χ1v) is 8.88. The van der Waals surface area contributed by atoms with E-state index in [4.69, 9.17) is 0 Å². The Kier molecular flexibility index (Phi) is 5.22. The van der Waals surface area contributed by atoms with Gasteiger partial charge >= 0.3 is 0 Å². The average molecular weight is 339 g/mol. The van der Waals surface area contributed by atoms with Crippen LogP contribution in [0.15, 0.2) is 35.1 Å². The number of carbonyl (C=O) groups excluding carboxylic acids is 1. The van der Waals surface area contributed by atoms with Crippen LogP contribution in [0.25, 0.3) is 0 Å². The topological polar surface area (TPSA) is 65.2 Å². The fourth-order valence-corrected chi connectivity index (χ4v) is 3.54. The normalized spacial score (nSPS) is 13.4. The van der Waals surface area contributed by atoms with Gasteiger partial charge in [0, 0.05) is 31.0 Å². The van der Waals surface area contributed by atoms with Crippen molar-refractivity contribution in [2.45, 2.75) is 33.1 Å². The number of rotatable bonds is 5. The van der Waals surface area contributed by atoms with Gasteiger partial charge in [-0.1, -0.05) is 18.2 Å². The lowest BCUT2D eigenvalue weighted by molar-refractivity contribution is 0.0951. The van der Waals surface area contributed by atoms with Crippen LogP contribution >= 0.6 is 0 Å². The van der Waals surface area contributed by atoms with Gasteiger partial charge in [-0.2, -0.15) is 0 Å². The lowest BCUT2D eigenvalue weighted by Crippen LogP contribution is -2.35. The monoisotopic (exact) mass is 339 g/mol. The van der Waals surface area contributed by atoms with Crippen LogP contribution in [0.3, 0.4) is 0 Å². The van der Waals surface area contributed by atoms with Crippen LogP contribution in [0.5, 0.6) is 0 Å². The Balaban J connectivity index is 1.55. The molecule has 3 rings (SSSR count). The summed E-state index contributed by atoms with van der Waals surface area (Å²) in [7, 11) is 0. The molecule has 0 fully saturated rings. The highest BCUT2D eigenvalue weighted by Gasteiger charge is 2.16. The number of carbonyl (C=O) groups is 1. The van der Waals surface area contributed by atoms with Crippen LogP contribution < -0.4 is 15.8 Å². The van der Waals surface area contributed by atoms with E-state index < -0.39 is 0 Å². The molecular formula is C20H25N3O2. The summed E-state index contributed by atoms with van der Waals surface area (Å²) in [5.41, 5.74) is 4.09. The standard InChI is InChI=1S/C20H25N3O2/c1-14-13-15(2)22-20(25)18(14)19(24)21-10-6-12-23-11-5-8-16-7-3-4-9-17(16)23/h3-4,7,9,13H,5-6,8,10-12H2,1-2H3,(H,21,24)(H,22,25). The van der Waals surface area contributed by atoms with Crippen molar-refractivity contribution in [2.75, 3.05) is 24.5 Å². The van der Waals surface area contributed by atoms with Gasteiger partial charge in [0.15, 0.2) is 0 Å². The quantitative estimate of drug-likeness (QED) is 0.823. The first-order valence-electron chi connectivity index (χ1n) is 8.88. The average Bonchev–Trinajstić information content (AvgIpc) is 2.58. The van der Waals surface area contributed by atoms with Crippen molar-refractivity contribution in [1.29, 1.82) is 0 Å². The number of amides is 1. The van der Waals surface area contributed by atoms with Crippen molar-refractivity contribution in [2.24, 2.45) is 0 Å². The first-order chi connectivity index (χ1) is 12.1. The van der Waals surface area contributed by atoms with Gasteiger partial charge in [-0.3, -0.25) is 9.59 Å². The lowest BCUT2D eigenvalue weighted by Gasteiger charge is -2.31. The summed E-state index contributed by atoms with van der Waals surface area (Å²) >= 11 is 0. The Morgan fingerprint density at radius 1 is 1.28 bits per heavy atom. The number of aryl methyl sites for hydroxylation is 3. The van der Waals surface area contributed by atoms with Gasteiger partial charge in [0.2, 0.25) is 0 Å². The number of para-hydroxylation sites is 1.